The number of nitro benzene ring substituents is 1. The van der Waals surface area contributed by atoms with Crippen molar-refractivity contribution in [2.75, 3.05) is 6.61 Å². The average molecular weight is 301 g/mol. The Labute approximate surface area is 118 Å². The Bertz CT molecular complexity index is 602. The zero-order valence-corrected chi connectivity index (χ0v) is 10.9. The standard InChI is InChI=1S/C12H13F2N3O4/c13-7-4-10(8(14)3-9(7)17(19)20)21-6-12(1-2-12)5-11(15)16-18/h3-4,18H,1-2,5-6H2,(H2,15,16). The minimum atomic E-state index is -1.17. The molecule has 0 unspecified atom stereocenters. The fourth-order valence-electron chi connectivity index (χ4n) is 1.97. The Hall–Kier alpha value is -2.45. The number of ether oxygens (including phenoxy) is 1. The maximum atomic E-state index is 13.6. The Morgan fingerprint density at radius 1 is 1.48 bits per heavy atom. The summed E-state index contributed by atoms with van der Waals surface area (Å²) >= 11 is 0. The molecule has 0 atom stereocenters. The van der Waals surface area contributed by atoms with Crippen LogP contribution in [0.4, 0.5) is 14.5 Å². The van der Waals surface area contributed by atoms with Gasteiger partial charge in [0.1, 0.15) is 5.84 Å². The predicted octanol–water partition coefficient (Wildman–Crippen LogP) is 2.17. The Kier molecular flexibility index (Phi) is 3.92. The van der Waals surface area contributed by atoms with Gasteiger partial charge in [0.2, 0.25) is 5.82 Å². The van der Waals surface area contributed by atoms with Gasteiger partial charge in [0.05, 0.1) is 17.6 Å². The van der Waals surface area contributed by atoms with Crippen molar-refractivity contribution in [2.45, 2.75) is 19.3 Å². The molecule has 21 heavy (non-hydrogen) atoms. The molecular weight excluding hydrogens is 288 g/mol. The molecule has 1 fully saturated rings. The summed E-state index contributed by atoms with van der Waals surface area (Å²) in [5.74, 6) is -2.55. The van der Waals surface area contributed by atoms with Gasteiger partial charge in [-0.15, -0.1) is 0 Å². The lowest BCUT2D eigenvalue weighted by molar-refractivity contribution is -0.387. The van der Waals surface area contributed by atoms with E-state index in [-0.39, 0.29) is 24.3 Å². The number of rotatable bonds is 6. The van der Waals surface area contributed by atoms with Crippen LogP contribution in [0.3, 0.4) is 0 Å². The Morgan fingerprint density at radius 2 is 2.14 bits per heavy atom. The molecule has 1 aromatic carbocycles. The number of nitro groups is 1. The normalized spacial score (nSPS) is 16.6. The number of nitrogens with two attached hydrogens (primary N) is 1. The molecule has 0 amide bonds. The minimum Gasteiger partial charge on any atom is -0.490 e. The van der Waals surface area contributed by atoms with E-state index in [0.29, 0.717) is 12.1 Å². The van der Waals surface area contributed by atoms with Crippen LogP contribution < -0.4 is 10.5 Å². The van der Waals surface area contributed by atoms with Crippen molar-refractivity contribution < 1.29 is 23.6 Å². The number of amidine groups is 1. The monoisotopic (exact) mass is 301 g/mol. The number of oxime groups is 1. The molecule has 1 saturated carbocycles. The van der Waals surface area contributed by atoms with Crippen molar-refractivity contribution in [3.8, 4) is 5.75 Å². The average Bonchev–Trinajstić information content (AvgIpc) is 3.19. The molecule has 114 valence electrons. The van der Waals surface area contributed by atoms with Crippen molar-refractivity contribution in [2.24, 2.45) is 16.3 Å². The van der Waals surface area contributed by atoms with Gasteiger partial charge in [0, 0.05) is 17.9 Å². The molecule has 2 rings (SSSR count). The van der Waals surface area contributed by atoms with Crippen LogP contribution in [0.25, 0.3) is 0 Å². The van der Waals surface area contributed by atoms with E-state index in [4.69, 9.17) is 15.7 Å². The second kappa shape index (κ2) is 5.51. The van der Waals surface area contributed by atoms with Crippen LogP contribution in [-0.4, -0.2) is 22.6 Å². The van der Waals surface area contributed by atoms with Gasteiger partial charge in [-0.2, -0.15) is 4.39 Å². The van der Waals surface area contributed by atoms with Gasteiger partial charge in [-0.3, -0.25) is 10.1 Å². The Balaban J connectivity index is 2.07. The van der Waals surface area contributed by atoms with E-state index in [0.717, 1.165) is 12.8 Å². The third kappa shape index (κ3) is 3.36. The van der Waals surface area contributed by atoms with E-state index in [2.05, 4.69) is 5.16 Å². The maximum absolute atomic E-state index is 13.6. The zero-order chi connectivity index (χ0) is 15.6. The highest BCUT2D eigenvalue weighted by molar-refractivity contribution is 5.80. The van der Waals surface area contributed by atoms with Gasteiger partial charge in [0.25, 0.3) is 0 Å². The highest BCUT2D eigenvalue weighted by Gasteiger charge is 2.44. The first-order valence-corrected chi connectivity index (χ1v) is 6.09. The summed E-state index contributed by atoms with van der Waals surface area (Å²) in [6, 6.07) is 1.13. The summed E-state index contributed by atoms with van der Waals surface area (Å²) in [4.78, 5) is 9.46. The van der Waals surface area contributed by atoms with Crippen LogP contribution in [0.2, 0.25) is 0 Å². The molecule has 0 aliphatic heterocycles. The molecule has 0 aromatic heterocycles. The first-order valence-electron chi connectivity index (χ1n) is 6.09. The Morgan fingerprint density at radius 3 is 2.67 bits per heavy atom. The van der Waals surface area contributed by atoms with E-state index >= 15 is 0 Å². The summed E-state index contributed by atoms with van der Waals surface area (Å²) in [6.07, 6.45) is 1.78. The van der Waals surface area contributed by atoms with Gasteiger partial charge < -0.3 is 15.7 Å². The third-order valence-electron chi connectivity index (χ3n) is 3.37. The lowest BCUT2D eigenvalue weighted by Crippen LogP contribution is -2.23. The number of hydrogen-bond donors (Lipinski definition) is 2. The SMILES string of the molecule is NC(CC1(COc2cc(F)c([N+](=O)[O-])cc2F)CC1)=NO. The molecule has 1 aromatic rings. The fraction of sp³-hybridized carbons (Fsp3) is 0.417. The van der Waals surface area contributed by atoms with Gasteiger partial charge >= 0.3 is 5.69 Å². The van der Waals surface area contributed by atoms with Crippen LogP contribution >= 0.6 is 0 Å². The number of benzene rings is 1. The van der Waals surface area contributed by atoms with E-state index in [9.17, 15) is 18.9 Å². The first-order chi connectivity index (χ1) is 9.87. The zero-order valence-electron chi connectivity index (χ0n) is 10.9. The molecule has 0 bridgehead atoms. The van der Waals surface area contributed by atoms with Gasteiger partial charge in [0.15, 0.2) is 11.6 Å². The van der Waals surface area contributed by atoms with E-state index in [1.165, 1.54) is 0 Å². The molecule has 0 saturated heterocycles. The molecular formula is C12H13F2N3O4. The maximum Gasteiger partial charge on any atom is 0.307 e. The van der Waals surface area contributed by atoms with E-state index in [1.54, 1.807) is 0 Å². The van der Waals surface area contributed by atoms with Gasteiger partial charge in [-0.1, -0.05) is 5.16 Å². The highest BCUT2D eigenvalue weighted by Crippen LogP contribution is 2.49. The fourth-order valence-corrected chi connectivity index (χ4v) is 1.97. The predicted molar refractivity (Wildman–Crippen MR) is 68.2 cm³/mol. The third-order valence-corrected chi connectivity index (χ3v) is 3.37. The van der Waals surface area contributed by atoms with Crippen molar-refractivity contribution in [3.05, 3.63) is 33.9 Å². The van der Waals surface area contributed by atoms with Crippen LogP contribution in [0.1, 0.15) is 19.3 Å². The van der Waals surface area contributed by atoms with Crippen molar-refractivity contribution >= 4 is 11.5 Å². The summed E-state index contributed by atoms with van der Waals surface area (Å²) in [6.45, 7) is 0.0530. The first kappa shape index (κ1) is 14.9. The van der Waals surface area contributed by atoms with E-state index < -0.39 is 28.0 Å². The second-order valence-electron chi connectivity index (χ2n) is 5.05. The summed E-state index contributed by atoms with van der Waals surface area (Å²) in [5, 5.41) is 21.9. The molecule has 9 heteroatoms. The highest BCUT2D eigenvalue weighted by atomic mass is 19.1. The largest absolute Gasteiger partial charge is 0.490 e. The van der Waals surface area contributed by atoms with E-state index in [1.807, 2.05) is 0 Å². The van der Waals surface area contributed by atoms with Crippen LogP contribution in [0.15, 0.2) is 17.3 Å². The number of halogens is 2. The van der Waals surface area contributed by atoms with Gasteiger partial charge in [-0.25, -0.2) is 4.39 Å². The molecule has 1 aliphatic carbocycles. The lowest BCUT2D eigenvalue weighted by Gasteiger charge is -2.15. The summed E-state index contributed by atoms with van der Waals surface area (Å²) < 4.78 is 32.2. The molecule has 7 nitrogen and oxygen atoms in total. The lowest BCUT2D eigenvalue weighted by atomic mass is 10.0. The quantitative estimate of drug-likeness (QED) is 0.275. The second-order valence-corrected chi connectivity index (χ2v) is 5.05. The van der Waals surface area contributed by atoms with Crippen molar-refractivity contribution in [3.63, 3.8) is 0 Å². The molecule has 0 radical (unpaired) electrons. The van der Waals surface area contributed by atoms with Gasteiger partial charge in [-0.05, 0) is 12.8 Å². The molecule has 0 heterocycles. The number of nitrogens with zero attached hydrogens (tertiary/aromatic N) is 2. The topological polar surface area (TPSA) is 111 Å². The minimum absolute atomic E-state index is 0.0338. The summed E-state index contributed by atoms with van der Waals surface area (Å²) in [5.41, 5.74) is 4.10. The molecule has 0 spiro atoms. The summed E-state index contributed by atoms with van der Waals surface area (Å²) in [7, 11) is 0. The number of hydrogen-bond acceptors (Lipinski definition) is 5. The van der Waals surface area contributed by atoms with Crippen molar-refractivity contribution in [1.82, 2.24) is 0 Å². The smallest absolute Gasteiger partial charge is 0.307 e. The van der Waals surface area contributed by atoms with Crippen LogP contribution in [-0.2, 0) is 0 Å². The van der Waals surface area contributed by atoms with Crippen LogP contribution in [0, 0.1) is 27.2 Å². The molecule has 3 N–H and O–H groups in total. The van der Waals surface area contributed by atoms with Crippen LogP contribution in [0.5, 0.6) is 5.75 Å². The van der Waals surface area contributed by atoms with Crippen molar-refractivity contribution in [1.29, 1.82) is 0 Å². The molecule has 1 aliphatic rings.